The number of nitrogens with one attached hydrogen (secondary N) is 1. The largest absolute Gasteiger partial charge is 0.379 e. The third-order valence-electron chi connectivity index (χ3n) is 3.59. The number of carbonyl (C=O) groups excluding carboxylic acids is 1. The summed E-state index contributed by atoms with van der Waals surface area (Å²) < 4.78 is 21.5. The molecule has 0 saturated carbocycles. The highest BCUT2D eigenvalue weighted by Gasteiger charge is 2.04. The molecule has 0 aliphatic heterocycles. The van der Waals surface area contributed by atoms with Gasteiger partial charge in [-0.2, -0.15) is 0 Å². The maximum Gasteiger partial charge on any atom is 0.220 e. The highest BCUT2D eigenvalue weighted by Crippen LogP contribution is 2.08. The summed E-state index contributed by atoms with van der Waals surface area (Å²) in [6, 6.07) is 0. The van der Waals surface area contributed by atoms with Crippen LogP contribution in [0.15, 0.2) is 0 Å². The Labute approximate surface area is 149 Å². The van der Waals surface area contributed by atoms with E-state index in [2.05, 4.69) is 26.1 Å². The molecule has 0 spiro atoms. The SMILES string of the molecule is CCCOCCOCCOCCOCCNC(=O)CCC(C)CC.[HH]. The molecule has 6 heteroatoms. The molecule has 1 N–H and O–H groups in total. The van der Waals surface area contributed by atoms with Crippen molar-refractivity contribution in [1.82, 2.24) is 5.32 Å². The van der Waals surface area contributed by atoms with Gasteiger partial charge in [-0.1, -0.05) is 27.2 Å². The molecule has 0 saturated heterocycles. The van der Waals surface area contributed by atoms with Crippen LogP contribution in [0, 0.1) is 5.92 Å². The summed E-state index contributed by atoms with van der Waals surface area (Å²) in [6.07, 6.45) is 3.70. The second-order valence-corrected chi connectivity index (χ2v) is 5.85. The molecule has 0 aliphatic carbocycles. The van der Waals surface area contributed by atoms with E-state index in [0.717, 1.165) is 25.9 Å². The van der Waals surface area contributed by atoms with Gasteiger partial charge in [-0.25, -0.2) is 0 Å². The van der Waals surface area contributed by atoms with Gasteiger partial charge in [0.1, 0.15) is 0 Å². The molecule has 0 aromatic rings. The van der Waals surface area contributed by atoms with Crippen LogP contribution in [0.5, 0.6) is 0 Å². The maximum absolute atomic E-state index is 11.6. The summed E-state index contributed by atoms with van der Waals surface area (Å²) >= 11 is 0. The smallest absolute Gasteiger partial charge is 0.220 e. The minimum atomic E-state index is 0. The van der Waals surface area contributed by atoms with Crippen LogP contribution in [-0.2, 0) is 23.7 Å². The van der Waals surface area contributed by atoms with Gasteiger partial charge < -0.3 is 24.3 Å². The Balaban J connectivity index is 0. The van der Waals surface area contributed by atoms with Gasteiger partial charge in [0.2, 0.25) is 5.91 Å². The van der Waals surface area contributed by atoms with E-state index in [1.165, 1.54) is 0 Å². The van der Waals surface area contributed by atoms with Gasteiger partial charge in [0.25, 0.3) is 0 Å². The fraction of sp³-hybridized carbons (Fsp3) is 0.944. The molecule has 1 atom stereocenters. The van der Waals surface area contributed by atoms with Crippen molar-refractivity contribution in [2.24, 2.45) is 5.92 Å². The predicted molar refractivity (Wildman–Crippen MR) is 97.4 cm³/mol. The van der Waals surface area contributed by atoms with Crippen LogP contribution >= 0.6 is 0 Å². The molecule has 0 fully saturated rings. The Morgan fingerprint density at radius 3 is 1.88 bits per heavy atom. The van der Waals surface area contributed by atoms with E-state index >= 15 is 0 Å². The van der Waals surface area contributed by atoms with Gasteiger partial charge in [0.05, 0.1) is 46.2 Å². The van der Waals surface area contributed by atoms with Crippen molar-refractivity contribution in [2.45, 2.75) is 46.5 Å². The number of hydrogen-bond donors (Lipinski definition) is 1. The first-order chi connectivity index (χ1) is 11.7. The highest BCUT2D eigenvalue weighted by atomic mass is 16.6. The van der Waals surface area contributed by atoms with Crippen LogP contribution in [-0.4, -0.2) is 65.3 Å². The zero-order chi connectivity index (χ0) is 17.9. The molecule has 0 heterocycles. The Morgan fingerprint density at radius 2 is 1.38 bits per heavy atom. The lowest BCUT2D eigenvalue weighted by atomic mass is 10.0. The van der Waals surface area contributed by atoms with Gasteiger partial charge in [-0.3, -0.25) is 4.79 Å². The average molecular weight is 350 g/mol. The molecule has 6 nitrogen and oxygen atoms in total. The standard InChI is InChI=1S/C18H37NO5.H2/c1-4-9-21-11-13-23-15-16-24-14-12-22-10-8-19-18(20)7-6-17(3)5-2;/h17H,4-16H2,1-3H3,(H,19,20);1H. The number of carbonyl (C=O) groups is 1. The molecular formula is C18H39NO5. The molecule has 24 heavy (non-hydrogen) atoms. The topological polar surface area (TPSA) is 66.0 Å². The molecule has 0 aromatic carbocycles. The van der Waals surface area contributed by atoms with E-state index in [1.807, 2.05) is 0 Å². The molecule has 0 aromatic heterocycles. The third-order valence-corrected chi connectivity index (χ3v) is 3.59. The summed E-state index contributed by atoms with van der Waals surface area (Å²) in [6.45, 7) is 11.7. The number of amides is 1. The Hall–Kier alpha value is -0.690. The van der Waals surface area contributed by atoms with Crippen molar-refractivity contribution in [3.8, 4) is 0 Å². The van der Waals surface area contributed by atoms with Crippen LogP contribution in [0.25, 0.3) is 0 Å². The van der Waals surface area contributed by atoms with Crippen LogP contribution in [0.4, 0.5) is 0 Å². The molecule has 0 rings (SSSR count). The van der Waals surface area contributed by atoms with Crippen molar-refractivity contribution in [1.29, 1.82) is 0 Å². The molecule has 1 unspecified atom stereocenters. The zero-order valence-electron chi connectivity index (χ0n) is 15.8. The molecule has 0 radical (unpaired) electrons. The van der Waals surface area contributed by atoms with E-state index in [9.17, 15) is 4.79 Å². The summed E-state index contributed by atoms with van der Waals surface area (Å²) in [5, 5.41) is 2.87. The summed E-state index contributed by atoms with van der Waals surface area (Å²) in [7, 11) is 0. The molecular weight excluding hydrogens is 310 g/mol. The monoisotopic (exact) mass is 349 g/mol. The van der Waals surface area contributed by atoms with E-state index in [1.54, 1.807) is 0 Å². The predicted octanol–water partition coefficient (Wildman–Crippen LogP) is 2.65. The molecule has 0 bridgehead atoms. The van der Waals surface area contributed by atoms with Gasteiger partial charge in [0, 0.05) is 21.0 Å². The average Bonchev–Trinajstić information content (AvgIpc) is 2.59. The van der Waals surface area contributed by atoms with Gasteiger partial charge in [0.15, 0.2) is 0 Å². The lowest BCUT2D eigenvalue weighted by molar-refractivity contribution is -0.121. The molecule has 0 aliphatic rings. The van der Waals surface area contributed by atoms with Crippen molar-refractivity contribution in [2.75, 3.05) is 59.4 Å². The van der Waals surface area contributed by atoms with Crippen molar-refractivity contribution >= 4 is 5.91 Å². The van der Waals surface area contributed by atoms with Crippen molar-refractivity contribution in [3.63, 3.8) is 0 Å². The fourth-order valence-electron chi connectivity index (χ4n) is 1.84. The van der Waals surface area contributed by atoms with Crippen LogP contribution < -0.4 is 5.32 Å². The Bertz CT molecular complexity index is 282. The van der Waals surface area contributed by atoms with Crippen LogP contribution in [0.1, 0.15) is 47.9 Å². The lowest BCUT2D eigenvalue weighted by Crippen LogP contribution is -2.27. The fourth-order valence-corrected chi connectivity index (χ4v) is 1.84. The third kappa shape index (κ3) is 17.7. The van der Waals surface area contributed by atoms with Crippen LogP contribution in [0.3, 0.4) is 0 Å². The maximum atomic E-state index is 11.6. The Kier molecular flexibility index (Phi) is 18.1. The van der Waals surface area contributed by atoms with E-state index < -0.39 is 0 Å². The minimum Gasteiger partial charge on any atom is -0.379 e. The highest BCUT2D eigenvalue weighted by molar-refractivity contribution is 5.75. The normalized spacial score (nSPS) is 12.3. The first-order valence-electron chi connectivity index (χ1n) is 9.28. The van der Waals surface area contributed by atoms with Crippen LogP contribution in [0.2, 0.25) is 0 Å². The van der Waals surface area contributed by atoms with Crippen molar-refractivity contribution in [3.05, 3.63) is 0 Å². The summed E-state index contributed by atoms with van der Waals surface area (Å²) in [5.74, 6) is 0.715. The Morgan fingerprint density at radius 1 is 0.875 bits per heavy atom. The van der Waals surface area contributed by atoms with E-state index in [4.69, 9.17) is 18.9 Å². The number of ether oxygens (including phenoxy) is 4. The number of hydrogen-bond acceptors (Lipinski definition) is 5. The van der Waals surface area contributed by atoms with E-state index in [-0.39, 0.29) is 7.33 Å². The zero-order valence-corrected chi connectivity index (χ0v) is 15.8. The quantitative estimate of drug-likeness (QED) is 0.385. The molecule has 146 valence electrons. The van der Waals surface area contributed by atoms with Gasteiger partial charge in [-0.05, 0) is 18.8 Å². The van der Waals surface area contributed by atoms with Gasteiger partial charge >= 0.3 is 0 Å². The molecule has 1 amide bonds. The summed E-state index contributed by atoms with van der Waals surface area (Å²) in [4.78, 5) is 11.6. The summed E-state index contributed by atoms with van der Waals surface area (Å²) in [5.41, 5.74) is 0. The minimum absolute atomic E-state index is 0. The lowest BCUT2D eigenvalue weighted by Gasteiger charge is -2.09. The second-order valence-electron chi connectivity index (χ2n) is 5.85. The second kappa shape index (κ2) is 18.6. The van der Waals surface area contributed by atoms with Crippen molar-refractivity contribution < 1.29 is 25.2 Å². The first-order valence-corrected chi connectivity index (χ1v) is 9.28. The van der Waals surface area contributed by atoms with Gasteiger partial charge in [-0.15, -0.1) is 0 Å². The number of rotatable bonds is 18. The van der Waals surface area contributed by atoms with E-state index in [0.29, 0.717) is 65.1 Å². The first kappa shape index (κ1) is 23.3.